The summed E-state index contributed by atoms with van der Waals surface area (Å²) in [5, 5.41) is 4.22. The lowest BCUT2D eigenvalue weighted by Gasteiger charge is -2.58. The molecule has 26 heavy (non-hydrogen) atoms. The fraction of sp³-hybridized carbons (Fsp3) is 0.471. The van der Waals surface area contributed by atoms with Gasteiger partial charge in [-0.2, -0.15) is 18.3 Å². The van der Waals surface area contributed by atoms with E-state index in [0.717, 1.165) is 17.2 Å². The average molecular weight is 366 g/mol. The third kappa shape index (κ3) is 2.71. The monoisotopic (exact) mass is 366 g/mol. The van der Waals surface area contributed by atoms with Gasteiger partial charge in [-0.1, -0.05) is 0 Å². The first-order valence-electron chi connectivity index (χ1n) is 8.20. The normalized spacial score (nSPS) is 19.2. The number of halogens is 3. The lowest BCUT2D eigenvalue weighted by molar-refractivity contribution is -0.153. The molecule has 0 N–H and O–H groups in total. The van der Waals surface area contributed by atoms with Crippen LogP contribution in [0, 0.1) is 5.41 Å². The topological polar surface area (TPSA) is 60.2 Å². The van der Waals surface area contributed by atoms with Crippen LogP contribution in [0.4, 0.5) is 13.2 Å². The number of methoxy groups -OCH3 is 1. The van der Waals surface area contributed by atoms with Crippen molar-refractivity contribution in [2.24, 2.45) is 5.41 Å². The molecule has 6 nitrogen and oxygen atoms in total. The Hall–Kier alpha value is -2.58. The largest absolute Gasteiger partial charge is 0.481 e. The van der Waals surface area contributed by atoms with E-state index < -0.39 is 11.9 Å². The zero-order valence-corrected chi connectivity index (χ0v) is 14.0. The first-order valence-corrected chi connectivity index (χ1v) is 8.20. The number of carbonyl (C=O) groups is 1. The molecule has 0 aromatic carbocycles. The quantitative estimate of drug-likeness (QED) is 0.781. The zero-order chi connectivity index (χ0) is 18.5. The van der Waals surface area contributed by atoms with Crippen LogP contribution in [0.3, 0.4) is 0 Å². The summed E-state index contributed by atoms with van der Waals surface area (Å²) in [6.07, 6.45) is -1.06. The Bertz CT molecular complexity index is 818. The summed E-state index contributed by atoms with van der Waals surface area (Å²) in [5.41, 5.74) is -0.0615. The second-order valence-electron chi connectivity index (χ2n) is 7.02. The third-order valence-corrected chi connectivity index (χ3v) is 5.18. The van der Waals surface area contributed by atoms with Crippen molar-refractivity contribution in [2.45, 2.75) is 25.1 Å². The Labute approximate surface area is 147 Å². The van der Waals surface area contributed by atoms with Crippen molar-refractivity contribution in [1.29, 1.82) is 0 Å². The molecule has 3 heterocycles. The van der Waals surface area contributed by atoms with Gasteiger partial charge in [0.05, 0.1) is 18.8 Å². The van der Waals surface area contributed by atoms with E-state index in [1.165, 1.54) is 13.3 Å². The van der Waals surface area contributed by atoms with Gasteiger partial charge >= 0.3 is 6.18 Å². The van der Waals surface area contributed by atoms with Crippen molar-refractivity contribution in [1.82, 2.24) is 19.7 Å². The molecule has 1 saturated carbocycles. The molecule has 2 aliphatic rings. The third-order valence-electron chi connectivity index (χ3n) is 5.18. The summed E-state index contributed by atoms with van der Waals surface area (Å²) in [5.74, 6) is 0.384. The van der Waals surface area contributed by atoms with Gasteiger partial charge in [-0.25, -0.2) is 4.98 Å². The number of hydrogen-bond donors (Lipinski definition) is 0. The maximum Gasteiger partial charge on any atom is 0.433 e. The molecule has 1 aliphatic heterocycles. The van der Waals surface area contributed by atoms with E-state index in [2.05, 4.69) is 10.1 Å². The zero-order valence-electron chi connectivity index (χ0n) is 14.0. The van der Waals surface area contributed by atoms with Gasteiger partial charge in [0.2, 0.25) is 12.3 Å². The molecule has 2 fully saturated rings. The summed E-state index contributed by atoms with van der Waals surface area (Å²) in [6, 6.07) is 3.98. The van der Waals surface area contributed by atoms with Crippen LogP contribution in [-0.2, 0) is 11.0 Å². The second-order valence-corrected chi connectivity index (χ2v) is 7.02. The Kier molecular flexibility index (Phi) is 3.71. The highest BCUT2D eigenvalue weighted by Crippen LogP contribution is 2.54. The minimum absolute atomic E-state index is 0.0395. The molecule has 2 aromatic rings. The predicted octanol–water partition coefficient (Wildman–Crippen LogP) is 2.77. The molecule has 1 saturated heterocycles. The smallest absolute Gasteiger partial charge is 0.433 e. The van der Waals surface area contributed by atoms with Gasteiger partial charge in [0.1, 0.15) is 5.69 Å². The highest BCUT2D eigenvalue weighted by molar-refractivity contribution is 5.59. The fourth-order valence-electron chi connectivity index (χ4n) is 3.94. The van der Waals surface area contributed by atoms with Crippen molar-refractivity contribution in [2.75, 3.05) is 20.2 Å². The minimum Gasteiger partial charge on any atom is -0.481 e. The van der Waals surface area contributed by atoms with E-state index in [4.69, 9.17) is 4.74 Å². The molecule has 1 spiro atoms. The number of ether oxygens (including phenoxy) is 1. The number of hydrogen-bond acceptors (Lipinski definition) is 4. The molecule has 2 aromatic heterocycles. The number of rotatable bonds is 4. The standard InChI is InChI=1S/C17H17F3N4O2/c1-26-15-3-2-11(7-21-15)13-4-14(17(18,19)20)24(22-13)12-5-16(6-12)8-23(9-16)10-25/h2-4,7,10,12H,5-6,8-9H2,1H3. The van der Waals surface area contributed by atoms with Crippen molar-refractivity contribution < 1.29 is 22.7 Å². The number of pyridine rings is 1. The van der Waals surface area contributed by atoms with Crippen LogP contribution in [0.1, 0.15) is 24.6 Å². The van der Waals surface area contributed by atoms with Crippen LogP contribution in [-0.4, -0.2) is 46.3 Å². The summed E-state index contributed by atoms with van der Waals surface area (Å²) in [7, 11) is 1.47. The van der Waals surface area contributed by atoms with Crippen LogP contribution < -0.4 is 4.74 Å². The van der Waals surface area contributed by atoms with Gasteiger partial charge < -0.3 is 9.64 Å². The van der Waals surface area contributed by atoms with Crippen molar-refractivity contribution in [3.63, 3.8) is 0 Å². The Morgan fingerprint density at radius 1 is 1.31 bits per heavy atom. The highest BCUT2D eigenvalue weighted by Gasteiger charge is 2.54. The van der Waals surface area contributed by atoms with Crippen LogP contribution >= 0.6 is 0 Å². The predicted molar refractivity (Wildman–Crippen MR) is 85.4 cm³/mol. The highest BCUT2D eigenvalue weighted by atomic mass is 19.4. The molecule has 9 heteroatoms. The molecule has 4 rings (SSSR count). The second kappa shape index (κ2) is 5.72. The lowest BCUT2D eigenvalue weighted by atomic mass is 9.61. The number of carbonyl (C=O) groups excluding carboxylic acids is 1. The molecule has 0 unspecified atom stereocenters. The van der Waals surface area contributed by atoms with Gasteiger partial charge in [0.15, 0.2) is 0 Å². The minimum atomic E-state index is -4.48. The van der Waals surface area contributed by atoms with Gasteiger partial charge in [0, 0.05) is 36.3 Å². The molecule has 1 aliphatic carbocycles. The SMILES string of the molecule is COc1ccc(-c2cc(C(F)(F)F)n(C3CC4(C3)CN(C=O)C4)n2)cn1. The number of amides is 1. The van der Waals surface area contributed by atoms with Crippen LogP contribution in [0.25, 0.3) is 11.3 Å². The molecule has 0 bridgehead atoms. The Morgan fingerprint density at radius 3 is 2.58 bits per heavy atom. The van der Waals surface area contributed by atoms with E-state index in [0.29, 0.717) is 37.4 Å². The van der Waals surface area contributed by atoms with Gasteiger partial charge in [-0.15, -0.1) is 0 Å². The van der Waals surface area contributed by atoms with E-state index in [1.54, 1.807) is 17.0 Å². The first kappa shape index (κ1) is 16.9. The molecular weight excluding hydrogens is 349 g/mol. The van der Waals surface area contributed by atoms with E-state index >= 15 is 0 Å². The summed E-state index contributed by atoms with van der Waals surface area (Å²) in [6.45, 7) is 1.23. The number of alkyl halides is 3. The summed E-state index contributed by atoms with van der Waals surface area (Å²) >= 11 is 0. The molecule has 138 valence electrons. The molecule has 0 atom stereocenters. The van der Waals surface area contributed by atoms with Crippen LogP contribution in [0.5, 0.6) is 5.88 Å². The lowest BCUT2D eigenvalue weighted by Crippen LogP contribution is -2.61. The Morgan fingerprint density at radius 2 is 2.04 bits per heavy atom. The van der Waals surface area contributed by atoms with Gasteiger partial charge in [-0.05, 0) is 25.0 Å². The summed E-state index contributed by atoms with van der Waals surface area (Å²) in [4.78, 5) is 16.4. The van der Waals surface area contributed by atoms with E-state index in [9.17, 15) is 18.0 Å². The average Bonchev–Trinajstić information content (AvgIpc) is 2.98. The molecular formula is C17H17F3N4O2. The molecule has 0 radical (unpaired) electrons. The van der Waals surface area contributed by atoms with Crippen molar-refractivity contribution in [3.8, 4) is 17.1 Å². The van der Waals surface area contributed by atoms with Crippen molar-refractivity contribution in [3.05, 3.63) is 30.1 Å². The maximum atomic E-state index is 13.5. The molecule has 1 amide bonds. The summed E-state index contributed by atoms with van der Waals surface area (Å²) < 4.78 is 46.5. The maximum absolute atomic E-state index is 13.5. The van der Waals surface area contributed by atoms with E-state index in [1.807, 2.05) is 0 Å². The number of aromatic nitrogens is 3. The van der Waals surface area contributed by atoms with E-state index in [-0.39, 0.29) is 17.2 Å². The van der Waals surface area contributed by atoms with Crippen molar-refractivity contribution >= 4 is 6.41 Å². The van der Waals surface area contributed by atoms with Gasteiger partial charge in [0.25, 0.3) is 0 Å². The Balaban J connectivity index is 1.60. The first-order chi connectivity index (χ1) is 12.3. The van der Waals surface area contributed by atoms with Gasteiger partial charge in [-0.3, -0.25) is 9.48 Å². The van der Waals surface area contributed by atoms with Crippen LogP contribution in [0.2, 0.25) is 0 Å². The van der Waals surface area contributed by atoms with Crippen LogP contribution in [0.15, 0.2) is 24.4 Å². The number of nitrogens with zero attached hydrogens (tertiary/aromatic N) is 4. The number of likely N-dealkylation sites (tertiary alicyclic amines) is 1. The fourth-order valence-corrected chi connectivity index (χ4v) is 3.94.